The number of carbonyl (C=O) groups excluding carboxylic acids is 2. The Hall–Kier alpha value is -0.580. The van der Waals surface area contributed by atoms with Gasteiger partial charge in [-0.05, 0) is 55.8 Å². The first-order valence-electron chi connectivity index (χ1n) is 7.47. The number of esters is 1. The van der Waals surface area contributed by atoms with Crippen LogP contribution < -0.4 is 5.32 Å². The van der Waals surface area contributed by atoms with Crippen LogP contribution in [0.1, 0.15) is 44.9 Å². The number of nitrogens with one attached hydrogen (secondary N) is 1. The Bertz CT molecular complexity index is 423. The number of hydrogen-bond donors (Lipinski definition) is 1. The molecule has 20 heavy (non-hydrogen) atoms. The smallest absolute Gasteiger partial charge is 0.306 e. The second kappa shape index (κ2) is 5.00. The lowest BCUT2D eigenvalue weighted by molar-refractivity contribution is -0.154. The summed E-state index contributed by atoms with van der Waals surface area (Å²) in [6, 6.07) is 0. The molecule has 4 aliphatic carbocycles. The Morgan fingerprint density at radius 1 is 1.25 bits per heavy atom. The van der Waals surface area contributed by atoms with E-state index in [9.17, 15) is 9.59 Å². The Kier molecular flexibility index (Phi) is 3.59. The summed E-state index contributed by atoms with van der Waals surface area (Å²) in [6.07, 6.45) is 7.74. The average molecular weight is 344 g/mol. The topological polar surface area (TPSA) is 55.4 Å². The molecule has 1 amide bonds. The molecule has 5 heteroatoms. The lowest BCUT2D eigenvalue weighted by atomic mass is 9.49. The van der Waals surface area contributed by atoms with Crippen LogP contribution >= 0.6 is 15.9 Å². The molecule has 0 aliphatic heterocycles. The van der Waals surface area contributed by atoms with Crippen molar-refractivity contribution in [3.05, 3.63) is 0 Å². The molecule has 2 atom stereocenters. The standard InChI is InChI=1S/C15H22BrNO3/c1-17-12(18)8-20-13(19)7-14-3-10-2-11(4-14)6-15(16,5-10)9-14/h10-11H,2-9H2,1H3,(H,17,18)/t10-,11-,14?,15?/m0/s1. The van der Waals surface area contributed by atoms with Gasteiger partial charge >= 0.3 is 5.97 Å². The summed E-state index contributed by atoms with van der Waals surface area (Å²) < 4.78 is 5.36. The van der Waals surface area contributed by atoms with E-state index in [4.69, 9.17) is 4.74 Å². The molecule has 4 nitrogen and oxygen atoms in total. The molecule has 4 rings (SSSR count). The van der Waals surface area contributed by atoms with E-state index in [2.05, 4.69) is 21.2 Å². The molecule has 0 spiro atoms. The van der Waals surface area contributed by atoms with E-state index in [1.807, 2.05) is 0 Å². The van der Waals surface area contributed by atoms with E-state index in [0.29, 0.717) is 6.42 Å². The third kappa shape index (κ3) is 2.74. The Morgan fingerprint density at radius 3 is 2.45 bits per heavy atom. The number of amides is 1. The van der Waals surface area contributed by atoms with Crippen LogP contribution in [-0.2, 0) is 14.3 Å². The van der Waals surface area contributed by atoms with Crippen molar-refractivity contribution < 1.29 is 14.3 Å². The van der Waals surface area contributed by atoms with Crippen LogP contribution in [-0.4, -0.2) is 29.9 Å². The fourth-order valence-electron chi connectivity index (χ4n) is 5.12. The second-order valence-corrected chi connectivity index (χ2v) is 8.80. The maximum absolute atomic E-state index is 12.0. The first-order chi connectivity index (χ1) is 9.42. The van der Waals surface area contributed by atoms with Crippen molar-refractivity contribution in [2.45, 2.75) is 49.3 Å². The molecule has 0 unspecified atom stereocenters. The molecule has 0 radical (unpaired) electrons. The number of alkyl halides is 1. The maximum atomic E-state index is 12.0. The zero-order chi connectivity index (χ0) is 14.4. The van der Waals surface area contributed by atoms with Gasteiger partial charge in [0.1, 0.15) is 0 Å². The summed E-state index contributed by atoms with van der Waals surface area (Å²) in [5.41, 5.74) is 0.118. The van der Waals surface area contributed by atoms with Gasteiger partial charge in [-0.3, -0.25) is 9.59 Å². The monoisotopic (exact) mass is 343 g/mol. The number of likely N-dealkylation sites (N-methyl/N-ethyl adjacent to an activating group) is 1. The minimum absolute atomic E-state index is 0.118. The molecule has 1 N–H and O–H groups in total. The van der Waals surface area contributed by atoms with Gasteiger partial charge in [0.15, 0.2) is 6.61 Å². The van der Waals surface area contributed by atoms with Gasteiger partial charge in [-0.15, -0.1) is 0 Å². The molecule has 4 fully saturated rings. The first kappa shape index (κ1) is 14.4. The lowest BCUT2D eigenvalue weighted by Gasteiger charge is -2.60. The summed E-state index contributed by atoms with van der Waals surface area (Å²) in [6.45, 7) is -0.155. The maximum Gasteiger partial charge on any atom is 0.306 e. The van der Waals surface area contributed by atoms with Gasteiger partial charge in [0.2, 0.25) is 0 Å². The van der Waals surface area contributed by atoms with E-state index in [-0.39, 0.29) is 28.2 Å². The van der Waals surface area contributed by atoms with Crippen molar-refractivity contribution in [2.24, 2.45) is 17.3 Å². The number of hydrogen-bond acceptors (Lipinski definition) is 3. The highest BCUT2D eigenvalue weighted by atomic mass is 79.9. The SMILES string of the molecule is CNC(=O)COC(=O)CC12C[C@@H]3C[C@H](CC(Br)(C3)C1)C2. The molecular weight excluding hydrogens is 322 g/mol. The molecule has 0 saturated heterocycles. The third-order valence-electron chi connectivity index (χ3n) is 5.27. The highest BCUT2D eigenvalue weighted by Gasteiger charge is 2.57. The van der Waals surface area contributed by atoms with Gasteiger partial charge in [-0.1, -0.05) is 15.9 Å². The first-order valence-corrected chi connectivity index (χ1v) is 8.26. The van der Waals surface area contributed by atoms with Crippen molar-refractivity contribution in [3.8, 4) is 0 Å². The molecular formula is C15H22BrNO3. The Balaban J connectivity index is 1.62. The molecule has 0 heterocycles. The highest BCUT2D eigenvalue weighted by molar-refractivity contribution is 9.10. The minimum atomic E-state index is -0.249. The minimum Gasteiger partial charge on any atom is -0.456 e. The summed E-state index contributed by atoms with van der Waals surface area (Å²) in [5, 5.41) is 2.46. The van der Waals surface area contributed by atoms with Crippen LogP contribution in [0.5, 0.6) is 0 Å². The fraction of sp³-hybridized carbons (Fsp3) is 0.867. The van der Waals surface area contributed by atoms with E-state index >= 15 is 0 Å². The predicted molar refractivity (Wildman–Crippen MR) is 78.4 cm³/mol. The largest absolute Gasteiger partial charge is 0.456 e. The second-order valence-electron chi connectivity index (χ2n) is 7.12. The van der Waals surface area contributed by atoms with Crippen LogP contribution in [0.3, 0.4) is 0 Å². The third-order valence-corrected chi connectivity index (χ3v) is 6.20. The molecule has 0 aromatic heterocycles. The molecule has 0 aromatic rings. The van der Waals surface area contributed by atoms with Crippen molar-refractivity contribution >= 4 is 27.8 Å². The number of rotatable bonds is 4. The van der Waals surface area contributed by atoms with Gasteiger partial charge in [0, 0.05) is 11.4 Å². The van der Waals surface area contributed by atoms with Crippen LogP contribution in [0.2, 0.25) is 0 Å². The van der Waals surface area contributed by atoms with Crippen LogP contribution in [0, 0.1) is 17.3 Å². The van der Waals surface area contributed by atoms with E-state index in [1.165, 1.54) is 19.3 Å². The molecule has 0 aromatic carbocycles. The zero-order valence-electron chi connectivity index (χ0n) is 11.9. The van der Waals surface area contributed by atoms with E-state index in [0.717, 1.165) is 31.1 Å². The van der Waals surface area contributed by atoms with Crippen LogP contribution in [0.15, 0.2) is 0 Å². The molecule has 112 valence electrons. The normalized spacial score (nSPS) is 41.5. The number of halogens is 1. The Labute approximate surface area is 128 Å². The van der Waals surface area contributed by atoms with E-state index in [1.54, 1.807) is 7.05 Å². The summed E-state index contributed by atoms with van der Waals surface area (Å²) in [7, 11) is 1.55. The van der Waals surface area contributed by atoms with Crippen molar-refractivity contribution in [2.75, 3.05) is 13.7 Å². The Morgan fingerprint density at radius 2 is 1.90 bits per heavy atom. The van der Waals surface area contributed by atoms with Gasteiger partial charge in [0.05, 0.1) is 6.42 Å². The predicted octanol–water partition coefficient (Wildman–Crippen LogP) is 2.40. The summed E-state index contributed by atoms with van der Waals surface area (Å²) >= 11 is 3.94. The zero-order valence-corrected chi connectivity index (χ0v) is 13.5. The molecule has 4 saturated carbocycles. The quantitative estimate of drug-likeness (QED) is 0.629. The van der Waals surface area contributed by atoms with Gasteiger partial charge in [-0.2, -0.15) is 0 Å². The number of ether oxygens (including phenoxy) is 1. The van der Waals surface area contributed by atoms with Gasteiger partial charge in [0.25, 0.3) is 5.91 Å². The molecule has 4 bridgehead atoms. The van der Waals surface area contributed by atoms with E-state index < -0.39 is 0 Å². The van der Waals surface area contributed by atoms with Crippen molar-refractivity contribution in [1.82, 2.24) is 5.32 Å². The van der Waals surface area contributed by atoms with Crippen molar-refractivity contribution in [3.63, 3.8) is 0 Å². The van der Waals surface area contributed by atoms with Crippen LogP contribution in [0.25, 0.3) is 0 Å². The summed E-state index contributed by atoms with van der Waals surface area (Å²) in [5.74, 6) is 1.07. The number of carbonyl (C=O) groups is 2. The van der Waals surface area contributed by atoms with Crippen LogP contribution in [0.4, 0.5) is 0 Å². The average Bonchev–Trinajstić information content (AvgIpc) is 2.32. The van der Waals surface area contributed by atoms with Crippen molar-refractivity contribution in [1.29, 1.82) is 0 Å². The van der Waals surface area contributed by atoms with Gasteiger partial charge in [-0.25, -0.2) is 0 Å². The molecule has 4 aliphatic rings. The fourth-order valence-corrected chi connectivity index (χ4v) is 6.63. The van der Waals surface area contributed by atoms with Gasteiger partial charge < -0.3 is 10.1 Å². The highest BCUT2D eigenvalue weighted by Crippen LogP contribution is 2.65. The summed E-state index contributed by atoms with van der Waals surface area (Å²) in [4.78, 5) is 23.2. The lowest BCUT2D eigenvalue weighted by Crippen LogP contribution is -2.53.